The van der Waals surface area contributed by atoms with Gasteiger partial charge in [0.1, 0.15) is 5.75 Å². The summed E-state index contributed by atoms with van der Waals surface area (Å²) in [5, 5.41) is 13.3. The predicted octanol–water partition coefficient (Wildman–Crippen LogP) is 3.00. The molecule has 0 radical (unpaired) electrons. The van der Waals surface area contributed by atoms with E-state index >= 15 is 0 Å². The van der Waals surface area contributed by atoms with Crippen molar-refractivity contribution in [2.24, 2.45) is 5.10 Å². The SMILES string of the molecule is COc1cc(/C=N/NC(=O)COc2ccc(Br)c(C)c2)ccc1O. The second-order valence-corrected chi connectivity index (χ2v) is 5.78. The third-order valence-electron chi connectivity index (χ3n) is 3.11. The second-order valence-electron chi connectivity index (χ2n) is 4.92. The number of amides is 1. The normalized spacial score (nSPS) is 10.6. The number of carbonyl (C=O) groups is 1. The fourth-order valence-electron chi connectivity index (χ4n) is 1.84. The molecule has 0 saturated carbocycles. The van der Waals surface area contributed by atoms with Gasteiger partial charge in [0, 0.05) is 4.47 Å². The first-order chi connectivity index (χ1) is 11.5. The molecule has 0 unspecified atom stereocenters. The molecule has 0 aliphatic carbocycles. The number of aromatic hydroxyl groups is 1. The molecule has 1 amide bonds. The molecule has 2 rings (SSSR count). The van der Waals surface area contributed by atoms with E-state index in [0.29, 0.717) is 17.1 Å². The largest absolute Gasteiger partial charge is 0.504 e. The monoisotopic (exact) mass is 392 g/mol. The highest BCUT2D eigenvalue weighted by Gasteiger charge is 2.04. The molecule has 0 saturated heterocycles. The molecule has 0 aliphatic rings. The molecule has 0 spiro atoms. The molecular formula is C17H17BrN2O4. The van der Waals surface area contributed by atoms with Crippen molar-refractivity contribution in [3.05, 3.63) is 52.0 Å². The maximum atomic E-state index is 11.7. The molecule has 0 aromatic heterocycles. The third-order valence-corrected chi connectivity index (χ3v) is 4.00. The van der Waals surface area contributed by atoms with Crippen molar-refractivity contribution in [1.29, 1.82) is 0 Å². The zero-order valence-electron chi connectivity index (χ0n) is 13.2. The molecule has 24 heavy (non-hydrogen) atoms. The first-order valence-electron chi connectivity index (χ1n) is 7.07. The summed E-state index contributed by atoms with van der Waals surface area (Å²) in [6, 6.07) is 10.2. The molecule has 2 aromatic rings. The number of methoxy groups -OCH3 is 1. The highest BCUT2D eigenvalue weighted by molar-refractivity contribution is 9.10. The Morgan fingerprint density at radius 2 is 2.12 bits per heavy atom. The van der Waals surface area contributed by atoms with Crippen LogP contribution in [0.15, 0.2) is 46.0 Å². The van der Waals surface area contributed by atoms with Crippen molar-refractivity contribution in [3.63, 3.8) is 0 Å². The Morgan fingerprint density at radius 1 is 1.33 bits per heavy atom. The van der Waals surface area contributed by atoms with Crippen LogP contribution in [0.4, 0.5) is 0 Å². The number of hydrogen-bond donors (Lipinski definition) is 2. The third kappa shape index (κ3) is 4.99. The fraction of sp³-hybridized carbons (Fsp3) is 0.176. The lowest BCUT2D eigenvalue weighted by Gasteiger charge is -2.07. The summed E-state index contributed by atoms with van der Waals surface area (Å²) in [6.45, 7) is 1.80. The van der Waals surface area contributed by atoms with Gasteiger partial charge >= 0.3 is 0 Å². The molecule has 0 heterocycles. The Balaban J connectivity index is 1.85. The van der Waals surface area contributed by atoms with Gasteiger partial charge < -0.3 is 14.6 Å². The van der Waals surface area contributed by atoms with Gasteiger partial charge in [-0.05, 0) is 54.4 Å². The maximum absolute atomic E-state index is 11.7. The number of carbonyl (C=O) groups excluding carboxylic acids is 1. The fourth-order valence-corrected chi connectivity index (χ4v) is 2.09. The van der Waals surface area contributed by atoms with Gasteiger partial charge in [-0.1, -0.05) is 15.9 Å². The smallest absolute Gasteiger partial charge is 0.277 e. The van der Waals surface area contributed by atoms with Crippen molar-refractivity contribution < 1.29 is 19.4 Å². The van der Waals surface area contributed by atoms with Crippen LogP contribution in [0.5, 0.6) is 17.2 Å². The minimum atomic E-state index is -0.377. The Morgan fingerprint density at radius 3 is 2.83 bits per heavy atom. The standard InChI is InChI=1S/C17H17BrN2O4/c1-11-7-13(4-5-14(11)18)24-10-17(22)20-19-9-12-3-6-15(21)16(8-12)23-2/h3-9,21H,10H2,1-2H3,(H,20,22)/b19-9+. The van der Waals surface area contributed by atoms with E-state index in [2.05, 4.69) is 26.5 Å². The first kappa shape index (κ1) is 17.8. The topological polar surface area (TPSA) is 80.2 Å². The highest BCUT2D eigenvalue weighted by Crippen LogP contribution is 2.25. The lowest BCUT2D eigenvalue weighted by molar-refractivity contribution is -0.123. The van der Waals surface area contributed by atoms with Crippen molar-refractivity contribution >= 4 is 28.1 Å². The number of hydrazone groups is 1. The van der Waals surface area contributed by atoms with Crippen LogP contribution in [0.1, 0.15) is 11.1 Å². The summed E-state index contributed by atoms with van der Waals surface area (Å²) < 4.78 is 11.4. The van der Waals surface area contributed by atoms with E-state index in [1.54, 1.807) is 18.2 Å². The number of benzene rings is 2. The molecule has 126 valence electrons. The van der Waals surface area contributed by atoms with Gasteiger partial charge in [0.15, 0.2) is 18.1 Å². The summed E-state index contributed by atoms with van der Waals surface area (Å²) in [7, 11) is 1.46. The van der Waals surface area contributed by atoms with Crippen molar-refractivity contribution in [3.8, 4) is 17.2 Å². The van der Waals surface area contributed by atoms with E-state index in [0.717, 1.165) is 10.0 Å². The minimum Gasteiger partial charge on any atom is -0.504 e. The minimum absolute atomic E-state index is 0.0388. The molecule has 0 aliphatic heterocycles. The Hall–Kier alpha value is -2.54. The number of nitrogens with one attached hydrogen (secondary N) is 1. The van der Waals surface area contributed by atoms with E-state index < -0.39 is 0 Å². The molecule has 2 N–H and O–H groups in total. The Labute approximate surface area is 148 Å². The second kappa shape index (κ2) is 8.35. The Kier molecular flexibility index (Phi) is 6.20. The number of nitrogens with zero attached hydrogens (tertiary/aromatic N) is 1. The van der Waals surface area contributed by atoms with E-state index in [4.69, 9.17) is 9.47 Å². The zero-order valence-corrected chi connectivity index (χ0v) is 14.8. The molecule has 2 aromatic carbocycles. The van der Waals surface area contributed by atoms with Gasteiger partial charge in [0.05, 0.1) is 13.3 Å². The molecule has 7 heteroatoms. The van der Waals surface area contributed by atoms with Gasteiger partial charge in [0.2, 0.25) is 0 Å². The summed E-state index contributed by atoms with van der Waals surface area (Å²) >= 11 is 3.40. The molecule has 6 nitrogen and oxygen atoms in total. The zero-order chi connectivity index (χ0) is 17.5. The molecule has 0 fully saturated rings. The van der Waals surface area contributed by atoms with Crippen molar-refractivity contribution in [2.75, 3.05) is 13.7 Å². The average molecular weight is 393 g/mol. The van der Waals surface area contributed by atoms with E-state index in [1.165, 1.54) is 19.4 Å². The summed E-state index contributed by atoms with van der Waals surface area (Å²) in [4.78, 5) is 11.7. The number of hydrogen-bond acceptors (Lipinski definition) is 5. The number of halogens is 1. The number of phenolic OH excluding ortho intramolecular Hbond substituents is 1. The quantitative estimate of drug-likeness (QED) is 0.584. The number of ether oxygens (including phenoxy) is 2. The van der Waals surface area contributed by atoms with E-state index in [-0.39, 0.29) is 18.3 Å². The van der Waals surface area contributed by atoms with Crippen LogP contribution in [-0.4, -0.2) is 30.9 Å². The summed E-state index contributed by atoms with van der Waals surface area (Å²) in [5.41, 5.74) is 4.07. The van der Waals surface area contributed by atoms with E-state index in [1.807, 2.05) is 19.1 Å². The number of phenols is 1. The summed E-state index contributed by atoms with van der Waals surface area (Å²) in [6.07, 6.45) is 1.45. The molecular weight excluding hydrogens is 376 g/mol. The van der Waals surface area contributed by atoms with Crippen LogP contribution in [0.2, 0.25) is 0 Å². The summed E-state index contributed by atoms with van der Waals surface area (Å²) in [5.74, 6) is 0.603. The van der Waals surface area contributed by atoms with Crippen LogP contribution < -0.4 is 14.9 Å². The van der Waals surface area contributed by atoms with Crippen molar-refractivity contribution in [2.45, 2.75) is 6.92 Å². The number of rotatable bonds is 6. The first-order valence-corrected chi connectivity index (χ1v) is 7.86. The van der Waals surface area contributed by atoms with Crippen LogP contribution in [0.25, 0.3) is 0 Å². The lowest BCUT2D eigenvalue weighted by atomic mass is 10.2. The van der Waals surface area contributed by atoms with Gasteiger partial charge in [0.25, 0.3) is 5.91 Å². The Bertz CT molecular complexity index is 762. The van der Waals surface area contributed by atoms with Crippen LogP contribution in [0, 0.1) is 6.92 Å². The van der Waals surface area contributed by atoms with Gasteiger partial charge in [-0.15, -0.1) is 0 Å². The molecule has 0 atom stereocenters. The van der Waals surface area contributed by atoms with Crippen LogP contribution in [-0.2, 0) is 4.79 Å². The van der Waals surface area contributed by atoms with Crippen molar-refractivity contribution in [1.82, 2.24) is 5.43 Å². The van der Waals surface area contributed by atoms with Crippen LogP contribution >= 0.6 is 15.9 Å². The average Bonchev–Trinajstić information content (AvgIpc) is 2.57. The maximum Gasteiger partial charge on any atom is 0.277 e. The van der Waals surface area contributed by atoms with Crippen LogP contribution in [0.3, 0.4) is 0 Å². The highest BCUT2D eigenvalue weighted by atomic mass is 79.9. The van der Waals surface area contributed by atoms with Gasteiger partial charge in [-0.3, -0.25) is 4.79 Å². The molecule has 0 bridgehead atoms. The van der Waals surface area contributed by atoms with Gasteiger partial charge in [-0.2, -0.15) is 5.10 Å². The predicted molar refractivity (Wildman–Crippen MR) is 94.8 cm³/mol. The van der Waals surface area contributed by atoms with E-state index in [9.17, 15) is 9.90 Å². The number of aryl methyl sites for hydroxylation is 1. The lowest BCUT2D eigenvalue weighted by Crippen LogP contribution is -2.24. The van der Waals surface area contributed by atoms with Gasteiger partial charge in [-0.25, -0.2) is 5.43 Å².